The van der Waals surface area contributed by atoms with Crippen LogP contribution in [0.3, 0.4) is 0 Å². The first-order valence-corrected chi connectivity index (χ1v) is 15.7. The van der Waals surface area contributed by atoms with Gasteiger partial charge in [-0.2, -0.15) is 0 Å². The quantitative estimate of drug-likeness (QED) is 0.163. The molecule has 1 fully saturated rings. The van der Waals surface area contributed by atoms with Crippen molar-refractivity contribution in [2.24, 2.45) is 4.74 Å². The Labute approximate surface area is 221 Å². The molecule has 0 aromatic carbocycles. The van der Waals surface area contributed by atoms with Crippen LogP contribution in [-0.2, 0) is 42.9 Å². The topological polar surface area (TPSA) is 127 Å². The van der Waals surface area contributed by atoms with Gasteiger partial charge >= 0.3 is 23.9 Å². The van der Waals surface area contributed by atoms with Crippen LogP contribution >= 0.6 is 7.05 Å². The molecule has 0 bridgehead atoms. The van der Waals surface area contributed by atoms with E-state index in [0.29, 0.717) is 0 Å². The fourth-order valence-corrected chi connectivity index (χ4v) is 8.81. The minimum Gasteiger partial charge on any atom is -0.463 e. The molecule has 0 unspecified atom stereocenters. The molecule has 1 aliphatic rings. The highest BCUT2D eigenvalue weighted by atomic mass is 31.2. The number of rotatable bonds is 15. The second-order valence-electron chi connectivity index (χ2n) is 9.53. The van der Waals surface area contributed by atoms with Gasteiger partial charge in [0.25, 0.3) is 0 Å². The van der Waals surface area contributed by atoms with Crippen LogP contribution in [0.15, 0.2) is 4.74 Å². The molecule has 0 saturated carbocycles. The molecule has 0 radical (unpaired) electrons. The number of nitrogens with zero attached hydrogens (tertiary/aromatic N) is 1. The van der Waals surface area contributed by atoms with Crippen LogP contribution in [-0.4, -0.2) is 79.6 Å². The number of carbonyl (C=O) groups excluding carboxylic acids is 4. The van der Waals surface area contributed by atoms with Crippen molar-refractivity contribution in [2.75, 3.05) is 25.1 Å². The molecule has 0 N–H and O–H groups in total. The Morgan fingerprint density at radius 3 is 1.51 bits per heavy atom. The van der Waals surface area contributed by atoms with Crippen molar-refractivity contribution in [3.63, 3.8) is 0 Å². The van der Waals surface area contributed by atoms with Crippen LogP contribution in [0, 0.1) is 0 Å². The van der Waals surface area contributed by atoms with Crippen LogP contribution in [0.25, 0.3) is 0 Å². The minimum absolute atomic E-state index is 0.242. The monoisotopic (exact) mass is 547 g/mol. The molecular weight excluding hydrogens is 501 g/mol. The van der Waals surface area contributed by atoms with E-state index in [1.165, 1.54) is 27.7 Å². The third-order valence-electron chi connectivity index (χ3n) is 6.11. The van der Waals surface area contributed by atoms with E-state index < -0.39 is 61.6 Å². The average Bonchev–Trinajstić information content (AvgIpc) is 2.81. The highest BCUT2D eigenvalue weighted by molar-refractivity contribution is 7.66. The molecule has 0 spiro atoms. The first-order chi connectivity index (χ1) is 17.5. The summed E-state index contributed by atoms with van der Waals surface area (Å²) in [5.41, 5.74) is 0. The second-order valence-corrected chi connectivity index (χ2v) is 13.3. The lowest BCUT2D eigenvalue weighted by atomic mass is 9.97. The third-order valence-corrected chi connectivity index (χ3v) is 10.3. The lowest BCUT2D eigenvalue weighted by Gasteiger charge is -2.44. The summed E-state index contributed by atoms with van der Waals surface area (Å²) >= 11 is 0. The van der Waals surface area contributed by atoms with Crippen molar-refractivity contribution in [3.8, 4) is 0 Å². The van der Waals surface area contributed by atoms with Gasteiger partial charge in [0.2, 0.25) is 0 Å². The smallest absolute Gasteiger partial charge is 0.303 e. The van der Waals surface area contributed by atoms with Gasteiger partial charge in [0, 0.05) is 27.7 Å². The summed E-state index contributed by atoms with van der Waals surface area (Å²) in [6.07, 6.45) is 3.51. The van der Waals surface area contributed by atoms with E-state index in [9.17, 15) is 19.2 Å². The average molecular weight is 548 g/mol. The second kappa shape index (κ2) is 16.8. The van der Waals surface area contributed by atoms with Crippen molar-refractivity contribution < 1.29 is 42.9 Å². The van der Waals surface area contributed by atoms with Crippen molar-refractivity contribution in [1.82, 2.24) is 0 Å². The van der Waals surface area contributed by atoms with Gasteiger partial charge < -0.3 is 23.7 Å². The van der Waals surface area contributed by atoms with Crippen molar-refractivity contribution in [3.05, 3.63) is 0 Å². The molecule has 37 heavy (non-hydrogen) atoms. The number of ether oxygens (including phenoxy) is 5. The van der Waals surface area contributed by atoms with Gasteiger partial charge in [0.15, 0.2) is 24.5 Å². The molecule has 1 heterocycles. The van der Waals surface area contributed by atoms with E-state index in [4.69, 9.17) is 28.4 Å². The fourth-order valence-electron chi connectivity index (χ4n) is 4.41. The Balaban J connectivity index is 3.71. The molecule has 1 saturated heterocycles. The van der Waals surface area contributed by atoms with Crippen LogP contribution < -0.4 is 0 Å². The molecule has 0 amide bonds. The number of hydrogen-bond donors (Lipinski definition) is 0. The maximum atomic E-state index is 12.2. The maximum absolute atomic E-state index is 12.2. The van der Waals surface area contributed by atoms with Gasteiger partial charge in [0.1, 0.15) is 12.7 Å². The molecule has 10 nitrogen and oxygen atoms in total. The van der Waals surface area contributed by atoms with E-state index in [2.05, 4.69) is 20.8 Å². The summed E-state index contributed by atoms with van der Waals surface area (Å²) in [7, 11) is -1.91. The van der Waals surface area contributed by atoms with Crippen LogP contribution in [0.1, 0.15) is 87.0 Å². The highest BCUT2D eigenvalue weighted by Gasteiger charge is 2.52. The Kier molecular flexibility index (Phi) is 15.0. The summed E-state index contributed by atoms with van der Waals surface area (Å²) in [4.78, 5) is 47.8. The SMILES string of the molecule is CCCCP(CCCC)(CCCC)=N[C@@H]1O[C@H](COC(C)=O)[C@@H](OC(C)=O)[C@H](OC(C)=O)[C@H]1OC(C)=O. The van der Waals surface area contributed by atoms with E-state index in [1.807, 2.05) is 0 Å². The van der Waals surface area contributed by atoms with Gasteiger partial charge in [-0.15, -0.1) is 0 Å². The molecule has 5 atom stereocenters. The summed E-state index contributed by atoms with van der Waals surface area (Å²) in [6, 6.07) is 0. The number of unbranched alkanes of at least 4 members (excludes halogenated alkanes) is 3. The molecule has 1 aliphatic heterocycles. The molecule has 1 rings (SSSR count). The fraction of sp³-hybridized carbons (Fsp3) is 0.846. The van der Waals surface area contributed by atoms with Crippen LogP contribution in [0.2, 0.25) is 0 Å². The molecular formula is C26H46NO9P. The van der Waals surface area contributed by atoms with Gasteiger partial charge in [-0.05, 0) is 44.8 Å². The normalized spacial score (nSPS) is 23.6. The number of hydrogen-bond acceptors (Lipinski definition) is 10. The van der Waals surface area contributed by atoms with Gasteiger partial charge in [0.05, 0.1) is 0 Å². The van der Waals surface area contributed by atoms with Crippen LogP contribution in [0.5, 0.6) is 0 Å². The Hall–Kier alpha value is -1.93. The summed E-state index contributed by atoms with van der Waals surface area (Å²) < 4.78 is 33.5. The molecule has 0 aromatic rings. The van der Waals surface area contributed by atoms with Gasteiger partial charge in [-0.1, -0.05) is 40.0 Å². The number of esters is 4. The molecule has 214 valence electrons. The summed E-state index contributed by atoms with van der Waals surface area (Å²) in [5, 5.41) is 0. The van der Waals surface area contributed by atoms with E-state index in [0.717, 1.165) is 57.0 Å². The Morgan fingerprint density at radius 2 is 1.11 bits per heavy atom. The lowest BCUT2D eigenvalue weighted by Crippen LogP contribution is -2.61. The van der Waals surface area contributed by atoms with Gasteiger partial charge in [-0.25, -0.2) is 0 Å². The van der Waals surface area contributed by atoms with Crippen molar-refractivity contribution in [1.29, 1.82) is 0 Å². The lowest BCUT2D eigenvalue weighted by molar-refractivity contribution is -0.250. The Bertz CT molecular complexity index is 787. The maximum Gasteiger partial charge on any atom is 0.303 e. The minimum atomic E-state index is -1.91. The Morgan fingerprint density at radius 1 is 0.676 bits per heavy atom. The zero-order chi connectivity index (χ0) is 28.0. The van der Waals surface area contributed by atoms with E-state index >= 15 is 0 Å². The van der Waals surface area contributed by atoms with Crippen molar-refractivity contribution >= 4 is 30.9 Å². The molecule has 0 aromatic heterocycles. The van der Waals surface area contributed by atoms with Crippen LogP contribution in [0.4, 0.5) is 0 Å². The molecule has 11 heteroatoms. The van der Waals surface area contributed by atoms with E-state index in [1.54, 1.807) is 0 Å². The predicted octanol–water partition coefficient (Wildman–Crippen LogP) is 4.67. The zero-order valence-electron chi connectivity index (χ0n) is 23.5. The highest BCUT2D eigenvalue weighted by Crippen LogP contribution is 2.53. The largest absolute Gasteiger partial charge is 0.463 e. The number of carbonyl (C=O) groups is 4. The summed E-state index contributed by atoms with van der Waals surface area (Å²) in [6.45, 7) is 11.1. The predicted molar refractivity (Wildman–Crippen MR) is 141 cm³/mol. The van der Waals surface area contributed by atoms with Crippen molar-refractivity contribution in [2.45, 2.75) is 118 Å². The molecule has 0 aliphatic carbocycles. The third kappa shape index (κ3) is 11.6. The first-order valence-electron chi connectivity index (χ1n) is 13.4. The first kappa shape index (κ1) is 33.1. The van der Waals surface area contributed by atoms with E-state index in [-0.39, 0.29) is 6.61 Å². The standard InChI is InChI=1S/C26H46NO9P/c1-8-11-14-37(15-12-9-2,16-13-10-3)27-26-25(35-21(7)31)24(34-20(6)30)23(33-19(5)29)22(36-26)17-32-18(4)28/h22-26H,8-17H2,1-7H3/t22-,23-,24+,25-,26-/m1/s1. The summed E-state index contributed by atoms with van der Waals surface area (Å²) in [5.74, 6) is -2.44. The zero-order valence-corrected chi connectivity index (χ0v) is 24.4. The van der Waals surface area contributed by atoms with Gasteiger partial charge in [-0.3, -0.25) is 23.9 Å².